The van der Waals surface area contributed by atoms with Gasteiger partial charge in [0.1, 0.15) is 6.04 Å². The van der Waals surface area contributed by atoms with Gasteiger partial charge in [0, 0.05) is 35.8 Å². The third-order valence-electron chi connectivity index (χ3n) is 4.25. The molecule has 1 atom stereocenters. The van der Waals surface area contributed by atoms with Crippen molar-refractivity contribution in [1.29, 1.82) is 0 Å². The second-order valence-electron chi connectivity index (χ2n) is 6.43. The van der Waals surface area contributed by atoms with Gasteiger partial charge in [0.15, 0.2) is 4.34 Å². The van der Waals surface area contributed by atoms with Crippen molar-refractivity contribution < 1.29 is 19.2 Å². The van der Waals surface area contributed by atoms with Crippen LogP contribution >= 0.6 is 23.1 Å². The highest BCUT2D eigenvalue weighted by Crippen LogP contribution is 2.36. The van der Waals surface area contributed by atoms with Crippen molar-refractivity contribution in [2.24, 2.45) is 0 Å². The largest absolute Gasteiger partial charge is 0.378 e. The third kappa shape index (κ3) is 5.31. The predicted octanol–water partition coefficient (Wildman–Crippen LogP) is 2.49. The minimum atomic E-state index is -0.744. The molecule has 1 aliphatic rings. The molecular weight excluding hydrogens is 416 g/mol. The number of nitrogens with zero attached hydrogens (tertiary/aromatic N) is 3. The number of aryl methyl sites for hydroxylation is 1. The van der Waals surface area contributed by atoms with Crippen LogP contribution in [0.15, 0.2) is 32.8 Å². The van der Waals surface area contributed by atoms with Gasteiger partial charge in [-0.2, -0.15) is 0 Å². The van der Waals surface area contributed by atoms with E-state index in [4.69, 9.17) is 4.74 Å². The molecule has 1 aromatic heterocycles. The summed E-state index contributed by atoms with van der Waals surface area (Å²) in [5, 5.41) is 16.0. The molecule has 1 N–H and O–H groups in total. The summed E-state index contributed by atoms with van der Waals surface area (Å²) >= 11 is 2.58. The van der Waals surface area contributed by atoms with Crippen molar-refractivity contribution in [3.05, 3.63) is 45.0 Å². The fourth-order valence-electron chi connectivity index (χ4n) is 2.76. The summed E-state index contributed by atoms with van der Waals surface area (Å²) < 4.78 is 5.91. The zero-order valence-corrected chi connectivity index (χ0v) is 17.5. The monoisotopic (exact) mass is 436 g/mol. The van der Waals surface area contributed by atoms with Crippen LogP contribution in [0.4, 0.5) is 5.69 Å². The van der Waals surface area contributed by atoms with E-state index in [9.17, 15) is 19.7 Å². The number of carbonyl (C=O) groups excluding carboxylic acids is 2. The zero-order valence-electron chi connectivity index (χ0n) is 15.9. The predicted molar refractivity (Wildman–Crippen MR) is 108 cm³/mol. The number of benzene rings is 1. The Kier molecular flexibility index (Phi) is 6.83. The zero-order chi connectivity index (χ0) is 21.0. The number of nitro groups is 1. The number of nitrogens with one attached hydrogen (secondary N) is 1. The number of morpholine rings is 1. The normalized spacial score (nSPS) is 15.0. The van der Waals surface area contributed by atoms with Gasteiger partial charge < -0.3 is 15.0 Å². The fraction of sp³-hybridized carbons (Fsp3) is 0.389. The summed E-state index contributed by atoms with van der Waals surface area (Å²) in [7, 11) is 0. The van der Waals surface area contributed by atoms with Crippen LogP contribution in [0.2, 0.25) is 0 Å². The van der Waals surface area contributed by atoms with E-state index in [-0.39, 0.29) is 17.2 Å². The Balaban J connectivity index is 1.72. The average molecular weight is 437 g/mol. The molecule has 0 saturated carbocycles. The molecule has 11 heteroatoms. The van der Waals surface area contributed by atoms with Gasteiger partial charge in [0.2, 0.25) is 5.91 Å². The molecule has 3 rings (SSSR count). The molecule has 0 aliphatic carbocycles. The van der Waals surface area contributed by atoms with Crippen LogP contribution < -0.4 is 5.32 Å². The van der Waals surface area contributed by atoms with Gasteiger partial charge in [-0.25, -0.2) is 4.98 Å². The fourth-order valence-corrected chi connectivity index (χ4v) is 4.64. The highest BCUT2D eigenvalue weighted by Gasteiger charge is 2.25. The lowest BCUT2D eigenvalue weighted by Gasteiger charge is -2.29. The number of carbonyl (C=O) groups is 2. The molecule has 1 aromatic carbocycles. The van der Waals surface area contributed by atoms with E-state index in [1.807, 2.05) is 12.3 Å². The Bertz CT molecular complexity index is 927. The van der Waals surface area contributed by atoms with Gasteiger partial charge >= 0.3 is 0 Å². The maximum absolute atomic E-state index is 12.5. The van der Waals surface area contributed by atoms with Gasteiger partial charge in [-0.05, 0) is 26.0 Å². The summed E-state index contributed by atoms with van der Waals surface area (Å²) in [4.78, 5) is 42.3. The van der Waals surface area contributed by atoms with E-state index < -0.39 is 16.9 Å². The maximum atomic E-state index is 12.5. The summed E-state index contributed by atoms with van der Waals surface area (Å²) in [6.07, 6.45) is 0. The Morgan fingerprint density at radius 2 is 2.10 bits per heavy atom. The van der Waals surface area contributed by atoms with E-state index in [1.54, 1.807) is 11.8 Å². The molecule has 2 aromatic rings. The van der Waals surface area contributed by atoms with Crippen LogP contribution in [-0.2, 0) is 9.53 Å². The summed E-state index contributed by atoms with van der Waals surface area (Å²) in [6.45, 7) is 5.34. The standard InChI is InChI=1S/C18H20N4O5S2/c1-11-10-28-18(19-11)29-15-4-3-13(9-14(15)22(25)26)16(23)20-12(2)17(24)21-5-7-27-8-6-21/h3-4,9-10,12H,5-8H2,1-2H3,(H,20,23). The van der Waals surface area contributed by atoms with E-state index >= 15 is 0 Å². The molecule has 0 radical (unpaired) electrons. The number of hydrogen-bond donors (Lipinski definition) is 1. The van der Waals surface area contributed by atoms with Gasteiger partial charge in [0.05, 0.1) is 23.0 Å². The minimum Gasteiger partial charge on any atom is -0.378 e. The van der Waals surface area contributed by atoms with Crippen molar-refractivity contribution >= 4 is 40.6 Å². The minimum absolute atomic E-state index is 0.123. The van der Waals surface area contributed by atoms with Crippen LogP contribution in [0.3, 0.4) is 0 Å². The molecule has 1 unspecified atom stereocenters. The summed E-state index contributed by atoms with van der Waals surface area (Å²) in [5.41, 5.74) is 0.788. The average Bonchev–Trinajstić information content (AvgIpc) is 3.12. The number of nitro benzene ring substituents is 1. The first-order valence-electron chi connectivity index (χ1n) is 8.91. The Morgan fingerprint density at radius 3 is 2.72 bits per heavy atom. The molecule has 9 nitrogen and oxygen atoms in total. The topological polar surface area (TPSA) is 115 Å². The van der Waals surface area contributed by atoms with Gasteiger partial charge in [-0.15, -0.1) is 11.3 Å². The first-order chi connectivity index (χ1) is 13.8. The van der Waals surface area contributed by atoms with E-state index in [2.05, 4.69) is 10.3 Å². The molecule has 1 fully saturated rings. The van der Waals surface area contributed by atoms with Crippen LogP contribution in [0.5, 0.6) is 0 Å². The lowest BCUT2D eigenvalue weighted by atomic mass is 10.1. The number of aromatic nitrogens is 1. The first-order valence-corrected chi connectivity index (χ1v) is 10.6. The van der Waals surface area contributed by atoms with Crippen molar-refractivity contribution in [3.8, 4) is 0 Å². The first kappa shape index (κ1) is 21.2. The molecule has 29 heavy (non-hydrogen) atoms. The van der Waals surface area contributed by atoms with Gasteiger partial charge in [-0.1, -0.05) is 11.8 Å². The summed E-state index contributed by atoms with van der Waals surface area (Å²) in [5.74, 6) is -0.744. The molecule has 2 amide bonds. The van der Waals surface area contributed by atoms with Crippen molar-refractivity contribution in [3.63, 3.8) is 0 Å². The number of thiazole rings is 1. The lowest BCUT2D eigenvalue weighted by molar-refractivity contribution is -0.387. The Morgan fingerprint density at radius 1 is 1.38 bits per heavy atom. The molecule has 2 heterocycles. The second-order valence-corrected chi connectivity index (χ2v) is 8.58. The van der Waals surface area contributed by atoms with Crippen molar-refractivity contribution in [1.82, 2.24) is 15.2 Å². The van der Waals surface area contributed by atoms with Crippen molar-refractivity contribution in [2.75, 3.05) is 26.3 Å². The molecule has 1 saturated heterocycles. The number of hydrogen-bond acceptors (Lipinski definition) is 8. The van der Waals surface area contributed by atoms with Crippen LogP contribution in [0.1, 0.15) is 23.0 Å². The molecule has 0 spiro atoms. The van der Waals surface area contributed by atoms with Crippen LogP contribution in [0, 0.1) is 17.0 Å². The van der Waals surface area contributed by atoms with Gasteiger partial charge in [-0.3, -0.25) is 19.7 Å². The molecule has 154 valence electrons. The SMILES string of the molecule is Cc1csc(Sc2ccc(C(=O)NC(C)C(=O)N3CCOCC3)cc2[N+](=O)[O-])n1. The summed E-state index contributed by atoms with van der Waals surface area (Å²) in [6, 6.07) is 3.52. The highest BCUT2D eigenvalue weighted by atomic mass is 32.2. The smallest absolute Gasteiger partial charge is 0.284 e. The third-order valence-corrected chi connectivity index (χ3v) is 6.38. The molecular formula is C18H20N4O5S2. The van der Waals surface area contributed by atoms with E-state index in [1.165, 1.54) is 41.3 Å². The van der Waals surface area contributed by atoms with Crippen LogP contribution in [-0.4, -0.2) is 59.0 Å². The van der Waals surface area contributed by atoms with Gasteiger partial charge in [0.25, 0.3) is 11.6 Å². The molecule has 0 bridgehead atoms. The van der Waals surface area contributed by atoms with Crippen LogP contribution in [0.25, 0.3) is 0 Å². The number of rotatable bonds is 6. The Labute approximate surface area is 175 Å². The van der Waals surface area contributed by atoms with E-state index in [0.29, 0.717) is 35.5 Å². The Hall–Kier alpha value is -2.50. The molecule has 1 aliphatic heterocycles. The number of amides is 2. The number of ether oxygens (including phenoxy) is 1. The van der Waals surface area contributed by atoms with E-state index in [0.717, 1.165) is 5.69 Å². The lowest BCUT2D eigenvalue weighted by Crippen LogP contribution is -2.50. The second kappa shape index (κ2) is 9.33. The quantitative estimate of drug-likeness (QED) is 0.546. The maximum Gasteiger partial charge on any atom is 0.284 e. The highest BCUT2D eigenvalue weighted by molar-refractivity contribution is 8.01. The van der Waals surface area contributed by atoms with Crippen molar-refractivity contribution in [2.45, 2.75) is 29.1 Å².